The fourth-order valence-corrected chi connectivity index (χ4v) is 1.88. The van der Waals surface area contributed by atoms with Crippen molar-refractivity contribution in [2.24, 2.45) is 0 Å². The molecule has 0 aromatic heterocycles. The molecule has 0 atom stereocenters. The number of nitrogens with two attached hydrogens (primary N) is 1. The Bertz CT molecular complexity index is 472. The average molecular weight is 252 g/mol. The standard InChI is InChI=1S/C8H10ClNO4S/c1-2-14-7-4-8(15(11,12)13)6(10)3-5(7)9/h3-4H,2,10H2,1H3,(H,11,12,13). The normalized spacial score (nSPS) is 11.4. The van der Waals surface area contributed by atoms with Crippen molar-refractivity contribution in [3.8, 4) is 5.75 Å². The van der Waals surface area contributed by atoms with Crippen molar-refractivity contribution in [1.29, 1.82) is 0 Å². The summed E-state index contributed by atoms with van der Waals surface area (Å²) in [5, 5.41) is 0.196. The number of ether oxygens (including phenoxy) is 1. The number of rotatable bonds is 3. The lowest BCUT2D eigenvalue weighted by molar-refractivity contribution is 0.339. The number of hydrogen-bond acceptors (Lipinski definition) is 4. The Labute approximate surface area is 92.5 Å². The van der Waals surface area contributed by atoms with E-state index in [9.17, 15) is 8.42 Å². The van der Waals surface area contributed by atoms with Gasteiger partial charge in [-0.1, -0.05) is 11.6 Å². The summed E-state index contributed by atoms with van der Waals surface area (Å²) in [6, 6.07) is 2.31. The Balaban J connectivity index is 3.36. The molecule has 0 saturated heterocycles. The molecule has 5 nitrogen and oxygen atoms in total. The fourth-order valence-electron chi connectivity index (χ4n) is 1.04. The van der Waals surface area contributed by atoms with Gasteiger partial charge in [-0.15, -0.1) is 0 Å². The van der Waals surface area contributed by atoms with Gasteiger partial charge < -0.3 is 10.5 Å². The molecule has 0 aliphatic rings. The summed E-state index contributed by atoms with van der Waals surface area (Å²) in [6.07, 6.45) is 0. The monoisotopic (exact) mass is 251 g/mol. The van der Waals surface area contributed by atoms with Gasteiger partial charge in [0.2, 0.25) is 0 Å². The van der Waals surface area contributed by atoms with Crippen LogP contribution in [-0.2, 0) is 10.1 Å². The van der Waals surface area contributed by atoms with Crippen LogP contribution < -0.4 is 10.5 Å². The quantitative estimate of drug-likeness (QED) is 0.629. The van der Waals surface area contributed by atoms with E-state index in [1.165, 1.54) is 6.07 Å². The molecule has 0 saturated carbocycles. The van der Waals surface area contributed by atoms with Crippen molar-refractivity contribution in [3.05, 3.63) is 17.2 Å². The number of halogens is 1. The minimum atomic E-state index is -4.35. The van der Waals surface area contributed by atoms with Gasteiger partial charge in [-0.25, -0.2) is 0 Å². The Hall–Kier alpha value is -0.980. The summed E-state index contributed by atoms with van der Waals surface area (Å²) in [7, 11) is -4.35. The maximum Gasteiger partial charge on any atom is 0.296 e. The zero-order valence-electron chi connectivity index (χ0n) is 7.90. The smallest absolute Gasteiger partial charge is 0.296 e. The lowest BCUT2D eigenvalue weighted by atomic mass is 10.3. The summed E-state index contributed by atoms with van der Waals surface area (Å²) < 4.78 is 35.7. The van der Waals surface area contributed by atoms with Crippen LogP contribution in [0.3, 0.4) is 0 Å². The Morgan fingerprint density at radius 2 is 2.13 bits per heavy atom. The van der Waals surface area contributed by atoms with Gasteiger partial charge in [0.1, 0.15) is 10.6 Å². The molecule has 84 valence electrons. The van der Waals surface area contributed by atoms with Gasteiger partial charge in [-0.05, 0) is 13.0 Å². The lowest BCUT2D eigenvalue weighted by Gasteiger charge is -2.09. The van der Waals surface area contributed by atoms with Crippen molar-refractivity contribution in [3.63, 3.8) is 0 Å². The van der Waals surface area contributed by atoms with Gasteiger partial charge in [-0.2, -0.15) is 8.42 Å². The van der Waals surface area contributed by atoms with Crippen LogP contribution in [0.2, 0.25) is 5.02 Å². The largest absolute Gasteiger partial charge is 0.492 e. The van der Waals surface area contributed by atoms with Crippen LogP contribution in [0.15, 0.2) is 17.0 Å². The topological polar surface area (TPSA) is 89.6 Å². The molecular formula is C8H10ClNO4S. The molecule has 15 heavy (non-hydrogen) atoms. The highest BCUT2D eigenvalue weighted by Gasteiger charge is 2.17. The third-order valence-corrected chi connectivity index (χ3v) is 2.85. The molecule has 7 heteroatoms. The van der Waals surface area contributed by atoms with Gasteiger partial charge >= 0.3 is 0 Å². The van der Waals surface area contributed by atoms with E-state index in [0.29, 0.717) is 6.61 Å². The molecule has 0 spiro atoms. The number of nitrogen functional groups attached to an aromatic ring is 1. The van der Waals surface area contributed by atoms with Crippen LogP contribution >= 0.6 is 11.6 Å². The first kappa shape index (κ1) is 12.1. The highest BCUT2D eigenvalue weighted by atomic mass is 35.5. The van der Waals surface area contributed by atoms with E-state index in [2.05, 4.69) is 0 Å². The molecule has 0 unspecified atom stereocenters. The molecule has 0 radical (unpaired) electrons. The second-order valence-corrected chi connectivity index (χ2v) is 4.53. The minimum Gasteiger partial charge on any atom is -0.492 e. The summed E-state index contributed by atoms with van der Waals surface area (Å²) >= 11 is 5.75. The fraction of sp³-hybridized carbons (Fsp3) is 0.250. The van der Waals surface area contributed by atoms with E-state index >= 15 is 0 Å². The van der Waals surface area contributed by atoms with Crippen molar-refractivity contribution in [2.45, 2.75) is 11.8 Å². The van der Waals surface area contributed by atoms with Gasteiger partial charge in [-0.3, -0.25) is 4.55 Å². The zero-order valence-corrected chi connectivity index (χ0v) is 9.47. The Morgan fingerprint density at radius 1 is 1.53 bits per heavy atom. The predicted octanol–water partition coefficient (Wildman–Crippen LogP) is 1.57. The first-order chi connectivity index (χ1) is 6.86. The molecule has 0 aliphatic carbocycles. The van der Waals surface area contributed by atoms with Crippen LogP contribution in [0.5, 0.6) is 5.75 Å². The molecule has 0 amide bonds. The second kappa shape index (κ2) is 4.26. The molecule has 0 heterocycles. The van der Waals surface area contributed by atoms with Crippen LogP contribution in [0.4, 0.5) is 5.69 Å². The van der Waals surface area contributed by atoms with Crippen molar-refractivity contribution < 1.29 is 17.7 Å². The summed E-state index contributed by atoms with van der Waals surface area (Å²) in [6.45, 7) is 2.05. The average Bonchev–Trinajstić information content (AvgIpc) is 2.07. The lowest BCUT2D eigenvalue weighted by Crippen LogP contribution is -2.04. The van der Waals surface area contributed by atoms with E-state index in [0.717, 1.165) is 6.07 Å². The van der Waals surface area contributed by atoms with Crippen LogP contribution in [0, 0.1) is 0 Å². The van der Waals surface area contributed by atoms with E-state index in [4.69, 9.17) is 26.6 Å². The molecule has 0 aliphatic heterocycles. The van der Waals surface area contributed by atoms with E-state index < -0.39 is 15.0 Å². The highest BCUT2D eigenvalue weighted by Crippen LogP contribution is 2.32. The first-order valence-electron chi connectivity index (χ1n) is 4.05. The van der Waals surface area contributed by atoms with Crippen LogP contribution in [-0.4, -0.2) is 19.6 Å². The van der Waals surface area contributed by atoms with Crippen molar-refractivity contribution in [2.75, 3.05) is 12.3 Å². The summed E-state index contributed by atoms with van der Waals surface area (Å²) in [5.41, 5.74) is 5.27. The SMILES string of the molecule is CCOc1cc(S(=O)(=O)O)c(N)cc1Cl. The third-order valence-electron chi connectivity index (χ3n) is 1.64. The molecule has 1 aromatic rings. The summed E-state index contributed by atoms with van der Waals surface area (Å²) in [5.74, 6) is 0.168. The van der Waals surface area contributed by atoms with Gasteiger partial charge in [0, 0.05) is 6.07 Å². The second-order valence-electron chi connectivity index (χ2n) is 2.73. The third kappa shape index (κ3) is 2.74. The molecule has 1 aromatic carbocycles. The summed E-state index contributed by atoms with van der Waals surface area (Å²) in [4.78, 5) is -0.407. The van der Waals surface area contributed by atoms with E-state index in [-0.39, 0.29) is 16.5 Å². The highest BCUT2D eigenvalue weighted by molar-refractivity contribution is 7.86. The number of anilines is 1. The van der Waals surface area contributed by atoms with E-state index in [1.807, 2.05) is 0 Å². The van der Waals surface area contributed by atoms with Gasteiger partial charge in [0.25, 0.3) is 10.1 Å². The van der Waals surface area contributed by atoms with Crippen LogP contribution in [0.25, 0.3) is 0 Å². The molecule has 0 bridgehead atoms. The maximum atomic E-state index is 10.9. The van der Waals surface area contributed by atoms with Crippen molar-refractivity contribution in [1.82, 2.24) is 0 Å². The number of benzene rings is 1. The number of hydrogen-bond donors (Lipinski definition) is 2. The molecule has 0 fully saturated rings. The van der Waals surface area contributed by atoms with Gasteiger partial charge in [0.15, 0.2) is 0 Å². The maximum absolute atomic E-state index is 10.9. The molecule has 1 rings (SSSR count). The minimum absolute atomic E-state index is 0.119. The van der Waals surface area contributed by atoms with Crippen LogP contribution in [0.1, 0.15) is 6.92 Å². The molecule has 3 N–H and O–H groups in total. The zero-order chi connectivity index (χ0) is 11.6. The predicted molar refractivity (Wildman–Crippen MR) is 56.8 cm³/mol. The Morgan fingerprint density at radius 3 is 2.60 bits per heavy atom. The Kier molecular flexibility index (Phi) is 3.43. The van der Waals surface area contributed by atoms with E-state index in [1.54, 1.807) is 6.92 Å². The van der Waals surface area contributed by atoms with Crippen molar-refractivity contribution >= 4 is 27.4 Å². The first-order valence-corrected chi connectivity index (χ1v) is 5.87. The van der Waals surface area contributed by atoms with Gasteiger partial charge in [0.05, 0.1) is 17.3 Å². The molecular weight excluding hydrogens is 242 g/mol.